The highest BCUT2D eigenvalue weighted by Gasteiger charge is 2.30. The van der Waals surface area contributed by atoms with Crippen molar-refractivity contribution in [2.45, 2.75) is 18.9 Å². The van der Waals surface area contributed by atoms with E-state index in [0.717, 1.165) is 18.9 Å². The van der Waals surface area contributed by atoms with E-state index in [-0.39, 0.29) is 17.0 Å². The third kappa shape index (κ3) is 2.56. The lowest BCUT2D eigenvalue weighted by Gasteiger charge is -2.32. The Labute approximate surface area is 117 Å². The first-order valence-corrected chi connectivity index (χ1v) is 6.18. The Bertz CT molecular complexity index is 381. The van der Waals surface area contributed by atoms with Gasteiger partial charge in [-0.05, 0) is 12.8 Å². The zero-order chi connectivity index (χ0) is 11.0. The standard InChI is InChI=1S/C11H15ClN4.BrH/c12-10-11(14-4-3-13-10)16-8-7-15-5-1-9(16)2-6-15;/h3-4,9H,1-2,5-8H2;1H. The molecule has 0 aliphatic carbocycles. The van der Waals surface area contributed by atoms with Crippen molar-refractivity contribution in [3.05, 3.63) is 17.5 Å². The van der Waals surface area contributed by atoms with Gasteiger partial charge < -0.3 is 9.80 Å². The number of rotatable bonds is 1. The van der Waals surface area contributed by atoms with Crippen LogP contribution in [0.4, 0.5) is 5.82 Å². The highest BCUT2D eigenvalue weighted by atomic mass is 79.9. The maximum Gasteiger partial charge on any atom is 0.171 e. The van der Waals surface area contributed by atoms with Crippen molar-refractivity contribution in [3.63, 3.8) is 0 Å². The fourth-order valence-corrected chi connectivity index (χ4v) is 2.89. The van der Waals surface area contributed by atoms with E-state index in [1.165, 1.54) is 25.9 Å². The quantitative estimate of drug-likeness (QED) is 0.792. The molecule has 0 amide bonds. The predicted molar refractivity (Wildman–Crippen MR) is 74.2 cm³/mol. The summed E-state index contributed by atoms with van der Waals surface area (Å²) in [5.41, 5.74) is 0. The van der Waals surface area contributed by atoms with Gasteiger partial charge >= 0.3 is 0 Å². The summed E-state index contributed by atoms with van der Waals surface area (Å²) in [5.74, 6) is 0.859. The van der Waals surface area contributed by atoms with Crippen LogP contribution in [0.2, 0.25) is 5.15 Å². The number of hydrogen-bond donors (Lipinski definition) is 0. The number of nitrogens with zero attached hydrogens (tertiary/aromatic N) is 4. The molecule has 4 heterocycles. The number of hydrogen-bond acceptors (Lipinski definition) is 4. The Kier molecular flexibility index (Phi) is 4.22. The smallest absolute Gasteiger partial charge is 0.171 e. The minimum atomic E-state index is 0. The number of aromatic nitrogens is 2. The second-order valence-electron chi connectivity index (χ2n) is 4.44. The van der Waals surface area contributed by atoms with E-state index in [0.29, 0.717) is 11.2 Å². The van der Waals surface area contributed by atoms with Crippen molar-refractivity contribution < 1.29 is 0 Å². The van der Waals surface area contributed by atoms with Gasteiger partial charge in [0.25, 0.3) is 0 Å². The third-order valence-corrected chi connectivity index (χ3v) is 3.83. The summed E-state index contributed by atoms with van der Waals surface area (Å²) in [6, 6.07) is 0.591. The molecule has 0 saturated carbocycles. The average molecular weight is 320 g/mol. The Balaban J connectivity index is 0.00000108. The number of piperidine rings is 1. The molecule has 3 aliphatic heterocycles. The molecule has 3 fully saturated rings. The van der Waals surface area contributed by atoms with Crippen LogP contribution in [0.5, 0.6) is 0 Å². The van der Waals surface area contributed by atoms with Crippen molar-refractivity contribution in [1.29, 1.82) is 0 Å². The summed E-state index contributed by atoms with van der Waals surface area (Å²) in [5, 5.41) is 0.530. The normalized spacial score (nSPS) is 27.5. The summed E-state index contributed by atoms with van der Waals surface area (Å²) < 4.78 is 0. The van der Waals surface area contributed by atoms with Crippen molar-refractivity contribution in [2.24, 2.45) is 0 Å². The van der Waals surface area contributed by atoms with Gasteiger partial charge in [0.2, 0.25) is 0 Å². The zero-order valence-electron chi connectivity index (χ0n) is 9.55. The van der Waals surface area contributed by atoms with Crippen LogP contribution in [0.25, 0.3) is 0 Å². The van der Waals surface area contributed by atoms with Gasteiger partial charge in [0, 0.05) is 44.6 Å². The maximum absolute atomic E-state index is 6.12. The molecule has 0 radical (unpaired) electrons. The summed E-state index contributed by atoms with van der Waals surface area (Å²) >= 11 is 6.12. The van der Waals surface area contributed by atoms with Gasteiger partial charge in [-0.25, -0.2) is 9.97 Å². The number of anilines is 1. The molecule has 2 bridgehead atoms. The Morgan fingerprint density at radius 2 is 1.76 bits per heavy atom. The first kappa shape index (κ1) is 13.1. The molecule has 4 rings (SSSR count). The lowest BCUT2D eigenvalue weighted by molar-refractivity contribution is 0.250. The van der Waals surface area contributed by atoms with E-state index in [4.69, 9.17) is 11.6 Å². The summed E-state index contributed by atoms with van der Waals surface area (Å²) in [7, 11) is 0. The van der Waals surface area contributed by atoms with E-state index >= 15 is 0 Å². The first-order valence-electron chi connectivity index (χ1n) is 5.80. The van der Waals surface area contributed by atoms with Gasteiger partial charge in [-0.15, -0.1) is 17.0 Å². The van der Waals surface area contributed by atoms with Crippen LogP contribution >= 0.6 is 28.6 Å². The molecule has 3 saturated heterocycles. The molecule has 0 N–H and O–H groups in total. The topological polar surface area (TPSA) is 32.3 Å². The monoisotopic (exact) mass is 318 g/mol. The second kappa shape index (κ2) is 5.50. The van der Waals surface area contributed by atoms with Gasteiger partial charge in [0.05, 0.1) is 0 Å². The Morgan fingerprint density at radius 1 is 1.06 bits per heavy atom. The van der Waals surface area contributed by atoms with Crippen LogP contribution in [0.15, 0.2) is 12.4 Å². The van der Waals surface area contributed by atoms with E-state index in [9.17, 15) is 0 Å². The van der Waals surface area contributed by atoms with Crippen molar-refractivity contribution in [1.82, 2.24) is 14.9 Å². The van der Waals surface area contributed by atoms with Crippen LogP contribution < -0.4 is 4.90 Å². The second-order valence-corrected chi connectivity index (χ2v) is 4.79. The fraction of sp³-hybridized carbons (Fsp3) is 0.636. The minimum absolute atomic E-state index is 0. The van der Waals surface area contributed by atoms with Crippen LogP contribution in [0.1, 0.15) is 12.8 Å². The van der Waals surface area contributed by atoms with E-state index in [1.54, 1.807) is 12.4 Å². The predicted octanol–water partition coefficient (Wildman–Crippen LogP) is 1.99. The Morgan fingerprint density at radius 3 is 2.47 bits per heavy atom. The van der Waals surface area contributed by atoms with E-state index in [1.807, 2.05) is 0 Å². The van der Waals surface area contributed by atoms with E-state index in [2.05, 4.69) is 19.8 Å². The SMILES string of the molecule is Br.Clc1nccnc1N1CCN2CCC1CC2. The van der Waals surface area contributed by atoms with Crippen molar-refractivity contribution in [3.8, 4) is 0 Å². The van der Waals surface area contributed by atoms with E-state index < -0.39 is 0 Å². The third-order valence-electron chi connectivity index (χ3n) is 3.56. The maximum atomic E-state index is 6.12. The molecule has 1 aromatic heterocycles. The Hall–Kier alpha value is -0.390. The van der Waals surface area contributed by atoms with Crippen LogP contribution in [-0.4, -0.2) is 47.1 Å². The summed E-state index contributed by atoms with van der Waals surface area (Å²) in [6.07, 6.45) is 5.79. The molecular formula is C11H16BrClN4. The van der Waals surface area contributed by atoms with Crippen molar-refractivity contribution >= 4 is 34.4 Å². The van der Waals surface area contributed by atoms with Gasteiger partial charge in [-0.1, -0.05) is 11.6 Å². The molecule has 0 aromatic carbocycles. The van der Waals surface area contributed by atoms with Gasteiger partial charge in [0.1, 0.15) is 0 Å². The highest BCUT2D eigenvalue weighted by molar-refractivity contribution is 8.93. The minimum Gasteiger partial charge on any atom is -0.350 e. The average Bonchev–Trinajstić information content (AvgIpc) is 2.63. The van der Waals surface area contributed by atoms with Crippen LogP contribution in [-0.2, 0) is 0 Å². The molecule has 0 unspecified atom stereocenters. The molecule has 6 heteroatoms. The number of halogens is 2. The molecule has 1 aromatic rings. The lowest BCUT2D eigenvalue weighted by atomic mass is 10.1. The lowest BCUT2D eigenvalue weighted by Crippen LogP contribution is -2.38. The van der Waals surface area contributed by atoms with Gasteiger partial charge in [0.15, 0.2) is 11.0 Å². The van der Waals surface area contributed by atoms with Gasteiger partial charge in [-0.3, -0.25) is 0 Å². The zero-order valence-corrected chi connectivity index (χ0v) is 12.0. The largest absolute Gasteiger partial charge is 0.350 e. The summed E-state index contributed by atoms with van der Waals surface area (Å²) in [4.78, 5) is 13.3. The first-order chi connectivity index (χ1) is 7.84. The van der Waals surface area contributed by atoms with Crippen LogP contribution in [0, 0.1) is 0 Å². The fourth-order valence-electron chi connectivity index (χ4n) is 2.67. The molecule has 0 spiro atoms. The molecule has 0 atom stereocenters. The molecule has 17 heavy (non-hydrogen) atoms. The number of fused-ring (bicyclic) bond motifs is 4. The molecule has 4 nitrogen and oxygen atoms in total. The highest BCUT2D eigenvalue weighted by Crippen LogP contribution is 2.28. The molecule has 94 valence electrons. The molecule has 3 aliphatic rings. The van der Waals surface area contributed by atoms with Crippen LogP contribution in [0.3, 0.4) is 0 Å². The van der Waals surface area contributed by atoms with Crippen molar-refractivity contribution in [2.75, 3.05) is 31.1 Å². The summed E-state index contributed by atoms with van der Waals surface area (Å²) in [6.45, 7) is 4.55. The van der Waals surface area contributed by atoms with Gasteiger partial charge in [-0.2, -0.15) is 0 Å². The molecular weight excluding hydrogens is 304 g/mol.